The summed E-state index contributed by atoms with van der Waals surface area (Å²) < 4.78 is 10.7. The summed E-state index contributed by atoms with van der Waals surface area (Å²) in [5.41, 5.74) is 0.384. The van der Waals surface area contributed by atoms with Crippen molar-refractivity contribution in [3.05, 3.63) is 45.4 Å². The van der Waals surface area contributed by atoms with Crippen LogP contribution in [0, 0.1) is 5.92 Å². The highest BCUT2D eigenvalue weighted by atomic mass is 35.5. The van der Waals surface area contributed by atoms with Crippen molar-refractivity contribution in [3.63, 3.8) is 0 Å². The van der Waals surface area contributed by atoms with E-state index in [0.717, 1.165) is 12.8 Å². The molecule has 2 aromatic rings. The molecule has 3 rings (SSSR count). The predicted molar refractivity (Wildman–Crippen MR) is 103 cm³/mol. The van der Waals surface area contributed by atoms with Gasteiger partial charge < -0.3 is 14.4 Å². The molecule has 1 atom stereocenters. The van der Waals surface area contributed by atoms with Crippen LogP contribution in [0.4, 0.5) is 0 Å². The third kappa shape index (κ3) is 5.20. The van der Waals surface area contributed by atoms with E-state index in [-0.39, 0.29) is 24.4 Å². The number of nitrogens with zero attached hydrogens (tertiary/aromatic N) is 2. The molecule has 1 aromatic carbocycles. The number of thiazole rings is 1. The van der Waals surface area contributed by atoms with Gasteiger partial charge in [-0.25, -0.2) is 4.98 Å². The van der Waals surface area contributed by atoms with Crippen molar-refractivity contribution in [2.75, 3.05) is 19.7 Å². The zero-order valence-electron chi connectivity index (χ0n) is 15.0. The summed E-state index contributed by atoms with van der Waals surface area (Å²) in [6, 6.07) is 7.13. The first-order valence-electron chi connectivity index (χ1n) is 8.85. The van der Waals surface area contributed by atoms with Crippen LogP contribution in [0.5, 0.6) is 5.75 Å². The Morgan fingerprint density at radius 1 is 1.41 bits per heavy atom. The number of carbonyl (C=O) groups is 2. The predicted octanol–water partition coefficient (Wildman–Crippen LogP) is 3.79. The van der Waals surface area contributed by atoms with E-state index in [1.165, 1.54) is 11.3 Å². The van der Waals surface area contributed by atoms with Gasteiger partial charge >= 0.3 is 5.97 Å². The molecule has 1 unspecified atom stereocenters. The summed E-state index contributed by atoms with van der Waals surface area (Å²) in [7, 11) is 0. The normalized spacial score (nSPS) is 16.8. The Labute approximate surface area is 167 Å². The molecule has 0 aliphatic carbocycles. The molecule has 0 bridgehead atoms. The fourth-order valence-electron chi connectivity index (χ4n) is 2.95. The number of esters is 1. The molecule has 0 radical (unpaired) electrons. The van der Waals surface area contributed by atoms with Crippen LogP contribution in [0.15, 0.2) is 29.6 Å². The maximum absolute atomic E-state index is 12.7. The molecule has 144 valence electrons. The van der Waals surface area contributed by atoms with Gasteiger partial charge in [0.05, 0.1) is 12.5 Å². The minimum Gasteiger partial charge on any atom is -0.486 e. The van der Waals surface area contributed by atoms with E-state index in [2.05, 4.69) is 4.98 Å². The van der Waals surface area contributed by atoms with Crippen LogP contribution >= 0.6 is 22.9 Å². The van der Waals surface area contributed by atoms with Crippen molar-refractivity contribution >= 4 is 34.8 Å². The Morgan fingerprint density at radius 2 is 2.26 bits per heavy atom. The summed E-state index contributed by atoms with van der Waals surface area (Å²) in [6.45, 7) is 3.41. The van der Waals surface area contributed by atoms with Crippen LogP contribution in [0.3, 0.4) is 0 Å². The Bertz CT molecular complexity index is 811. The lowest BCUT2D eigenvalue weighted by Crippen LogP contribution is -2.43. The highest BCUT2D eigenvalue weighted by molar-refractivity contribution is 7.09. The number of hydrogen-bond donors (Lipinski definition) is 0. The molecule has 8 heteroatoms. The number of rotatable bonds is 6. The fourth-order valence-corrected chi connectivity index (χ4v) is 3.81. The van der Waals surface area contributed by atoms with Crippen molar-refractivity contribution in [2.24, 2.45) is 5.92 Å². The van der Waals surface area contributed by atoms with E-state index in [0.29, 0.717) is 41.2 Å². The summed E-state index contributed by atoms with van der Waals surface area (Å²) >= 11 is 7.31. The van der Waals surface area contributed by atoms with E-state index >= 15 is 0 Å². The number of amides is 1. The van der Waals surface area contributed by atoms with Gasteiger partial charge in [-0.15, -0.1) is 11.3 Å². The van der Waals surface area contributed by atoms with Gasteiger partial charge in [0, 0.05) is 23.5 Å². The largest absolute Gasteiger partial charge is 0.486 e. The third-order valence-electron chi connectivity index (χ3n) is 4.26. The van der Waals surface area contributed by atoms with Gasteiger partial charge in [-0.1, -0.05) is 17.7 Å². The van der Waals surface area contributed by atoms with E-state index in [1.807, 2.05) is 12.1 Å². The topological polar surface area (TPSA) is 68.7 Å². The molecule has 1 amide bonds. The Balaban J connectivity index is 1.58. The number of hydrogen-bond acceptors (Lipinski definition) is 6. The summed E-state index contributed by atoms with van der Waals surface area (Å²) in [5.74, 6) is 0.00365. The quantitative estimate of drug-likeness (QED) is 0.680. The van der Waals surface area contributed by atoms with Crippen LogP contribution < -0.4 is 4.74 Å². The number of likely N-dealkylation sites (tertiary alicyclic amines) is 1. The molecule has 2 heterocycles. The molecule has 1 aliphatic rings. The molecule has 1 aliphatic heterocycles. The molecular formula is C19H21ClN2O4S. The zero-order chi connectivity index (χ0) is 19.2. The molecular weight excluding hydrogens is 388 g/mol. The second-order valence-electron chi connectivity index (χ2n) is 6.21. The lowest BCUT2D eigenvalue weighted by Gasteiger charge is -2.31. The van der Waals surface area contributed by atoms with Crippen LogP contribution in [-0.4, -0.2) is 41.5 Å². The van der Waals surface area contributed by atoms with Crippen molar-refractivity contribution < 1.29 is 19.1 Å². The molecule has 1 fully saturated rings. The van der Waals surface area contributed by atoms with E-state index < -0.39 is 0 Å². The number of benzene rings is 1. The third-order valence-corrected chi connectivity index (χ3v) is 5.32. The van der Waals surface area contributed by atoms with Gasteiger partial charge in [0.15, 0.2) is 0 Å². The summed E-state index contributed by atoms with van der Waals surface area (Å²) in [4.78, 5) is 30.7. The Morgan fingerprint density at radius 3 is 3.04 bits per heavy atom. The van der Waals surface area contributed by atoms with Gasteiger partial charge in [-0.2, -0.15) is 0 Å². The van der Waals surface area contributed by atoms with Gasteiger partial charge in [0.1, 0.15) is 23.1 Å². The molecule has 6 nitrogen and oxygen atoms in total. The number of piperidine rings is 1. The molecule has 0 N–H and O–H groups in total. The highest BCUT2D eigenvalue weighted by Crippen LogP contribution is 2.22. The average molecular weight is 409 g/mol. The van der Waals surface area contributed by atoms with Gasteiger partial charge in [-0.3, -0.25) is 9.59 Å². The molecule has 27 heavy (non-hydrogen) atoms. The molecule has 1 saturated heterocycles. The van der Waals surface area contributed by atoms with Crippen molar-refractivity contribution in [1.82, 2.24) is 9.88 Å². The van der Waals surface area contributed by atoms with Crippen LogP contribution in [-0.2, 0) is 16.1 Å². The van der Waals surface area contributed by atoms with Gasteiger partial charge in [0.2, 0.25) is 0 Å². The van der Waals surface area contributed by atoms with Crippen molar-refractivity contribution in [2.45, 2.75) is 26.4 Å². The Hall–Kier alpha value is -2.12. The minimum atomic E-state index is -0.257. The molecule has 0 saturated carbocycles. The standard InChI is InChI=1S/C19H21ClN2O4S/c1-2-25-19(24)13-5-4-8-22(10-13)18(23)16-12-27-17(21-16)11-26-15-7-3-6-14(20)9-15/h3,6-7,9,12-13H,2,4-5,8,10-11H2,1H3. The maximum Gasteiger partial charge on any atom is 0.310 e. The number of ether oxygens (including phenoxy) is 2. The molecule has 1 aromatic heterocycles. The monoisotopic (exact) mass is 408 g/mol. The second kappa shape index (κ2) is 9.19. The summed E-state index contributed by atoms with van der Waals surface area (Å²) in [6.07, 6.45) is 1.53. The van der Waals surface area contributed by atoms with Crippen molar-refractivity contribution in [1.29, 1.82) is 0 Å². The minimum absolute atomic E-state index is 0.158. The van der Waals surface area contributed by atoms with Crippen molar-refractivity contribution in [3.8, 4) is 5.75 Å². The SMILES string of the molecule is CCOC(=O)C1CCCN(C(=O)c2csc(COc3cccc(Cl)c3)n2)C1. The average Bonchev–Trinajstić information content (AvgIpc) is 3.15. The Kier molecular flexibility index (Phi) is 6.68. The summed E-state index contributed by atoms with van der Waals surface area (Å²) in [5, 5.41) is 3.04. The highest BCUT2D eigenvalue weighted by Gasteiger charge is 2.30. The van der Waals surface area contributed by atoms with Gasteiger partial charge in [-0.05, 0) is 38.0 Å². The van der Waals surface area contributed by atoms with Crippen LogP contribution in [0.2, 0.25) is 5.02 Å². The first kappa shape index (κ1) is 19.6. The van der Waals surface area contributed by atoms with E-state index in [9.17, 15) is 9.59 Å². The first-order valence-corrected chi connectivity index (χ1v) is 10.1. The van der Waals surface area contributed by atoms with Crippen LogP contribution in [0.25, 0.3) is 0 Å². The second-order valence-corrected chi connectivity index (χ2v) is 7.59. The maximum atomic E-state index is 12.7. The number of carbonyl (C=O) groups excluding carboxylic acids is 2. The van der Waals surface area contributed by atoms with E-state index in [1.54, 1.807) is 29.3 Å². The zero-order valence-corrected chi connectivity index (χ0v) is 16.6. The molecule has 0 spiro atoms. The van der Waals surface area contributed by atoms with E-state index in [4.69, 9.17) is 21.1 Å². The first-order chi connectivity index (χ1) is 13.1. The lowest BCUT2D eigenvalue weighted by molar-refractivity contribution is -0.149. The lowest BCUT2D eigenvalue weighted by atomic mass is 9.98. The smallest absolute Gasteiger partial charge is 0.310 e. The van der Waals surface area contributed by atoms with Crippen LogP contribution in [0.1, 0.15) is 35.3 Å². The fraction of sp³-hybridized carbons (Fsp3) is 0.421. The van der Waals surface area contributed by atoms with Gasteiger partial charge in [0.25, 0.3) is 5.91 Å². The number of aromatic nitrogens is 1. The number of halogens is 1.